The summed E-state index contributed by atoms with van der Waals surface area (Å²) in [5.41, 5.74) is 0. The molecule has 0 amide bonds. The Morgan fingerprint density at radius 2 is 2.20 bits per heavy atom. The molecule has 0 aromatic carbocycles. The van der Waals surface area contributed by atoms with Crippen LogP contribution in [-0.2, 0) is 11.3 Å². The summed E-state index contributed by atoms with van der Waals surface area (Å²) in [6, 6.07) is 6.88. The molecule has 0 aliphatic heterocycles. The van der Waals surface area contributed by atoms with Gasteiger partial charge in [0.15, 0.2) is 11.3 Å². The summed E-state index contributed by atoms with van der Waals surface area (Å²) in [7, 11) is 0. The molecule has 0 atom stereocenters. The Morgan fingerprint density at radius 1 is 1.30 bits per heavy atom. The maximum Gasteiger partial charge on any atom is 0.374 e. The van der Waals surface area contributed by atoms with E-state index in [4.69, 9.17) is 13.6 Å². The van der Waals surface area contributed by atoms with E-state index in [0.29, 0.717) is 10.6 Å². The van der Waals surface area contributed by atoms with Crippen LogP contribution in [0, 0.1) is 0 Å². The van der Waals surface area contributed by atoms with Gasteiger partial charge >= 0.3 is 5.97 Å². The topological polar surface area (TPSA) is 78.4 Å². The molecular weight excluding hydrogens is 348 g/mol. The van der Waals surface area contributed by atoms with Gasteiger partial charge in [0.05, 0.1) is 4.88 Å². The molecule has 3 heterocycles. The fourth-order valence-corrected chi connectivity index (χ4v) is 2.38. The van der Waals surface area contributed by atoms with Gasteiger partial charge in [0, 0.05) is 0 Å². The number of aromatic nitrogens is 2. The minimum absolute atomic E-state index is 0.102. The van der Waals surface area contributed by atoms with E-state index in [2.05, 4.69) is 26.1 Å². The zero-order valence-corrected chi connectivity index (χ0v) is 12.3. The van der Waals surface area contributed by atoms with E-state index in [9.17, 15) is 4.79 Å². The van der Waals surface area contributed by atoms with Crippen molar-refractivity contribution >= 4 is 33.2 Å². The number of halogens is 1. The number of hydrogen-bond donors (Lipinski definition) is 0. The first-order valence-electron chi connectivity index (χ1n) is 5.51. The highest BCUT2D eigenvalue weighted by atomic mass is 79.9. The van der Waals surface area contributed by atoms with E-state index in [1.807, 2.05) is 17.5 Å². The summed E-state index contributed by atoms with van der Waals surface area (Å²) in [4.78, 5) is 12.5. The summed E-state index contributed by atoms with van der Waals surface area (Å²) >= 11 is 4.60. The highest BCUT2D eigenvalue weighted by Crippen LogP contribution is 2.23. The van der Waals surface area contributed by atoms with Crippen LogP contribution in [0.5, 0.6) is 0 Å². The second-order valence-electron chi connectivity index (χ2n) is 3.66. The largest absolute Gasteiger partial charge is 0.450 e. The normalized spacial score (nSPS) is 10.7. The molecule has 0 saturated heterocycles. The fraction of sp³-hybridized carbons (Fsp3) is 0.0833. The van der Waals surface area contributed by atoms with Crippen LogP contribution in [0.3, 0.4) is 0 Å². The summed E-state index contributed by atoms with van der Waals surface area (Å²) in [5.74, 6) is 0.153. The molecule has 20 heavy (non-hydrogen) atoms. The molecule has 0 bridgehead atoms. The molecule has 102 valence electrons. The zero-order chi connectivity index (χ0) is 13.9. The van der Waals surface area contributed by atoms with Crippen LogP contribution in [0.25, 0.3) is 10.8 Å². The van der Waals surface area contributed by atoms with Crippen molar-refractivity contribution in [2.75, 3.05) is 0 Å². The molecule has 0 radical (unpaired) electrons. The maximum absolute atomic E-state index is 11.6. The summed E-state index contributed by atoms with van der Waals surface area (Å²) in [5, 5.41) is 9.61. The van der Waals surface area contributed by atoms with Gasteiger partial charge in [-0.05, 0) is 39.5 Å². The monoisotopic (exact) mass is 354 g/mol. The van der Waals surface area contributed by atoms with Crippen LogP contribution >= 0.6 is 27.3 Å². The average Bonchev–Trinajstić information content (AvgIpc) is 3.16. The van der Waals surface area contributed by atoms with Gasteiger partial charge in [0.2, 0.25) is 5.76 Å². The number of thiophene rings is 1. The Hall–Kier alpha value is -1.93. The lowest BCUT2D eigenvalue weighted by atomic mass is 10.5. The quantitative estimate of drug-likeness (QED) is 0.667. The van der Waals surface area contributed by atoms with E-state index in [0.717, 1.165) is 4.88 Å². The van der Waals surface area contributed by atoms with Crippen LogP contribution in [0.2, 0.25) is 0 Å². The van der Waals surface area contributed by atoms with Crippen LogP contribution in [-0.4, -0.2) is 16.2 Å². The van der Waals surface area contributed by atoms with Crippen LogP contribution in [0.15, 0.2) is 43.1 Å². The van der Waals surface area contributed by atoms with Gasteiger partial charge in [0.1, 0.15) is 0 Å². The minimum atomic E-state index is -0.591. The van der Waals surface area contributed by atoms with E-state index in [1.165, 1.54) is 17.4 Å². The number of ether oxygens (including phenoxy) is 1. The molecule has 0 aliphatic carbocycles. The number of esters is 1. The highest BCUT2D eigenvalue weighted by molar-refractivity contribution is 9.10. The Morgan fingerprint density at radius 3 is 2.90 bits per heavy atom. The van der Waals surface area contributed by atoms with Gasteiger partial charge in [-0.3, -0.25) is 0 Å². The molecule has 0 saturated carbocycles. The van der Waals surface area contributed by atoms with Crippen LogP contribution in [0.1, 0.15) is 16.4 Å². The smallest absolute Gasteiger partial charge is 0.374 e. The van der Waals surface area contributed by atoms with Crippen molar-refractivity contribution in [3.8, 4) is 10.8 Å². The maximum atomic E-state index is 11.6. The molecule has 0 fully saturated rings. The minimum Gasteiger partial charge on any atom is -0.450 e. The molecule has 0 aliphatic rings. The predicted molar refractivity (Wildman–Crippen MR) is 73.1 cm³/mol. The summed E-state index contributed by atoms with van der Waals surface area (Å²) in [6.45, 7) is -0.102. The van der Waals surface area contributed by atoms with Crippen LogP contribution in [0.4, 0.5) is 0 Å². The second-order valence-corrected chi connectivity index (χ2v) is 5.39. The standard InChI is InChI=1S/C12H7BrN2O4S/c13-9-4-3-7(18-9)12(16)17-6-10-14-15-11(19-10)8-2-1-5-20-8/h1-5H,6H2. The molecule has 0 unspecified atom stereocenters. The lowest BCUT2D eigenvalue weighted by Gasteiger charge is -1.98. The van der Waals surface area contributed by atoms with E-state index in [1.54, 1.807) is 6.07 Å². The third-order valence-corrected chi connectivity index (χ3v) is 3.58. The first kappa shape index (κ1) is 13.1. The van der Waals surface area contributed by atoms with Crippen molar-refractivity contribution in [1.82, 2.24) is 10.2 Å². The first-order chi connectivity index (χ1) is 9.72. The Kier molecular flexibility index (Phi) is 3.66. The molecule has 6 nitrogen and oxygen atoms in total. The fourth-order valence-electron chi connectivity index (χ4n) is 1.43. The molecular formula is C12H7BrN2O4S. The Balaban J connectivity index is 1.63. The number of hydrogen-bond acceptors (Lipinski definition) is 7. The zero-order valence-electron chi connectivity index (χ0n) is 9.91. The van der Waals surface area contributed by atoms with Gasteiger partial charge in [-0.15, -0.1) is 21.5 Å². The van der Waals surface area contributed by atoms with Crippen molar-refractivity contribution in [3.63, 3.8) is 0 Å². The Bertz CT molecular complexity index is 719. The Labute approximate surface area is 125 Å². The SMILES string of the molecule is O=C(OCc1nnc(-c2cccs2)o1)c1ccc(Br)o1. The second kappa shape index (κ2) is 5.59. The third-order valence-electron chi connectivity index (χ3n) is 2.30. The van der Waals surface area contributed by atoms with Crippen molar-refractivity contribution in [1.29, 1.82) is 0 Å². The molecule has 0 spiro atoms. The number of nitrogens with zero attached hydrogens (tertiary/aromatic N) is 2. The molecule has 3 rings (SSSR count). The van der Waals surface area contributed by atoms with Gasteiger partial charge in [-0.2, -0.15) is 0 Å². The number of rotatable bonds is 4. The molecule has 3 aromatic heterocycles. The summed E-state index contributed by atoms with van der Waals surface area (Å²) in [6.07, 6.45) is 0. The van der Waals surface area contributed by atoms with Crippen molar-refractivity contribution in [2.45, 2.75) is 6.61 Å². The summed E-state index contributed by atoms with van der Waals surface area (Å²) < 4.78 is 15.9. The number of carbonyl (C=O) groups is 1. The lowest BCUT2D eigenvalue weighted by Crippen LogP contribution is -2.04. The first-order valence-corrected chi connectivity index (χ1v) is 7.18. The predicted octanol–water partition coefficient (Wildman–Crippen LogP) is 3.51. The van der Waals surface area contributed by atoms with Crippen molar-refractivity contribution < 1.29 is 18.4 Å². The highest BCUT2D eigenvalue weighted by Gasteiger charge is 2.15. The third kappa shape index (κ3) is 2.81. The van der Waals surface area contributed by atoms with E-state index >= 15 is 0 Å². The number of carbonyl (C=O) groups excluding carboxylic acids is 1. The van der Waals surface area contributed by atoms with Gasteiger partial charge < -0.3 is 13.6 Å². The van der Waals surface area contributed by atoms with Gasteiger partial charge in [-0.1, -0.05) is 6.07 Å². The lowest BCUT2D eigenvalue weighted by molar-refractivity contribution is 0.0401. The van der Waals surface area contributed by atoms with Crippen molar-refractivity contribution in [3.05, 3.63) is 46.0 Å². The van der Waals surface area contributed by atoms with Crippen LogP contribution < -0.4 is 0 Å². The molecule has 8 heteroatoms. The van der Waals surface area contributed by atoms with Gasteiger partial charge in [0.25, 0.3) is 11.8 Å². The van der Waals surface area contributed by atoms with E-state index < -0.39 is 5.97 Å². The average molecular weight is 355 g/mol. The molecule has 3 aromatic rings. The molecule has 0 N–H and O–H groups in total. The van der Waals surface area contributed by atoms with Gasteiger partial charge in [-0.25, -0.2) is 4.79 Å². The van der Waals surface area contributed by atoms with E-state index in [-0.39, 0.29) is 18.3 Å². The number of furan rings is 1. The van der Waals surface area contributed by atoms with Crippen molar-refractivity contribution in [2.24, 2.45) is 0 Å².